The summed E-state index contributed by atoms with van der Waals surface area (Å²) >= 11 is 0. The highest BCUT2D eigenvalue weighted by Gasteiger charge is 2.33. The van der Waals surface area contributed by atoms with Crippen LogP contribution in [0.3, 0.4) is 0 Å². The lowest BCUT2D eigenvalue weighted by atomic mass is 10.1. The summed E-state index contributed by atoms with van der Waals surface area (Å²) < 4.78 is 5.24. The van der Waals surface area contributed by atoms with Gasteiger partial charge in [-0.15, -0.1) is 0 Å². The number of benzene rings is 1. The Morgan fingerprint density at radius 2 is 2.06 bits per heavy atom. The third-order valence-corrected chi connectivity index (χ3v) is 3.38. The number of hydrogen-bond acceptors (Lipinski definition) is 4. The van der Waals surface area contributed by atoms with Crippen LogP contribution in [0, 0.1) is 12.8 Å². The van der Waals surface area contributed by atoms with Crippen molar-refractivity contribution in [2.75, 3.05) is 0 Å². The van der Waals surface area contributed by atoms with Gasteiger partial charge in [-0.25, -0.2) is 0 Å². The van der Waals surface area contributed by atoms with Crippen LogP contribution in [0.2, 0.25) is 0 Å². The second-order valence-corrected chi connectivity index (χ2v) is 5.07. The number of hydrogen-bond donors (Lipinski definition) is 1. The molecule has 0 amide bonds. The van der Waals surface area contributed by atoms with E-state index in [1.807, 2.05) is 0 Å². The van der Waals surface area contributed by atoms with Gasteiger partial charge < -0.3 is 10.3 Å². The van der Waals surface area contributed by atoms with Crippen LogP contribution in [0.1, 0.15) is 41.7 Å². The Balaban J connectivity index is 1.71. The number of nitrogens with zero attached hydrogens (tertiary/aromatic N) is 2. The van der Waals surface area contributed by atoms with Crippen molar-refractivity contribution in [3.8, 4) is 0 Å². The van der Waals surface area contributed by atoms with Crippen LogP contribution in [0.4, 0.5) is 0 Å². The van der Waals surface area contributed by atoms with Crippen molar-refractivity contribution in [3.05, 3.63) is 47.1 Å². The van der Waals surface area contributed by atoms with E-state index in [9.17, 15) is 0 Å². The molecule has 3 rings (SSSR count). The number of aromatic nitrogens is 2. The van der Waals surface area contributed by atoms with Gasteiger partial charge in [-0.3, -0.25) is 0 Å². The third kappa shape index (κ3) is 2.43. The molecule has 0 radical (unpaired) electrons. The molecule has 1 heterocycles. The Bertz CT molecular complexity index is 528. The molecule has 1 saturated carbocycles. The molecule has 4 heteroatoms. The van der Waals surface area contributed by atoms with E-state index in [-0.39, 0.29) is 6.04 Å². The van der Waals surface area contributed by atoms with Crippen LogP contribution in [0.15, 0.2) is 28.8 Å². The highest BCUT2D eigenvalue weighted by molar-refractivity contribution is 5.23. The molecule has 1 unspecified atom stereocenters. The summed E-state index contributed by atoms with van der Waals surface area (Å²) in [6.45, 7) is 2.07. The molecule has 2 N–H and O–H groups in total. The van der Waals surface area contributed by atoms with Gasteiger partial charge in [0.05, 0.1) is 6.04 Å². The zero-order valence-electron chi connectivity index (χ0n) is 10.5. The standard InChI is InChI=1S/C14H17N3O/c1-9-2-4-10(5-3-9)8-12-16-14(18-17-12)13(15)11-6-7-11/h2-5,11,13H,6-8,15H2,1H3. The van der Waals surface area contributed by atoms with Crippen LogP contribution in [-0.4, -0.2) is 10.1 Å². The van der Waals surface area contributed by atoms with Gasteiger partial charge in [0.25, 0.3) is 0 Å². The second-order valence-electron chi connectivity index (χ2n) is 5.07. The molecular weight excluding hydrogens is 226 g/mol. The predicted octanol–water partition coefficient (Wildman–Crippen LogP) is 2.38. The predicted molar refractivity (Wildman–Crippen MR) is 67.9 cm³/mol. The first-order valence-corrected chi connectivity index (χ1v) is 6.36. The number of aryl methyl sites for hydroxylation is 1. The average Bonchev–Trinajstić information content (AvgIpc) is 3.12. The third-order valence-electron chi connectivity index (χ3n) is 3.38. The van der Waals surface area contributed by atoms with Gasteiger partial charge >= 0.3 is 0 Å². The highest BCUT2D eigenvalue weighted by Crippen LogP contribution is 2.38. The lowest BCUT2D eigenvalue weighted by Crippen LogP contribution is -2.12. The fraction of sp³-hybridized carbons (Fsp3) is 0.429. The summed E-state index contributed by atoms with van der Waals surface area (Å²) in [7, 11) is 0. The fourth-order valence-corrected chi connectivity index (χ4v) is 2.02. The molecule has 0 bridgehead atoms. The van der Waals surface area contributed by atoms with Crippen LogP contribution in [-0.2, 0) is 6.42 Å². The lowest BCUT2D eigenvalue weighted by molar-refractivity contribution is 0.340. The van der Waals surface area contributed by atoms with Crippen molar-refractivity contribution in [3.63, 3.8) is 0 Å². The molecule has 0 aliphatic heterocycles. The zero-order valence-corrected chi connectivity index (χ0v) is 10.5. The summed E-state index contributed by atoms with van der Waals surface area (Å²) in [6.07, 6.45) is 3.05. The topological polar surface area (TPSA) is 64.9 Å². The van der Waals surface area contributed by atoms with E-state index in [0.29, 0.717) is 24.1 Å². The molecule has 1 atom stereocenters. The Morgan fingerprint density at radius 3 is 2.72 bits per heavy atom. The lowest BCUT2D eigenvalue weighted by Gasteiger charge is -2.01. The second kappa shape index (κ2) is 4.53. The molecule has 2 aromatic rings. The SMILES string of the molecule is Cc1ccc(Cc2noc(C(N)C3CC3)n2)cc1. The first-order chi connectivity index (χ1) is 8.72. The summed E-state index contributed by atoms with van der Waals surface area (Å²) in [5.74, 6) is 1.84. The summed E-state index contributed by atoms with van der Waals surface area (Å²) in [5, 5.41) is 4.00. The van der Waals surface area contributed by atoms with Gasteiger partial charge in [0.15, 0.2) is 5.82 Å². The monoisotopic (exact) mass is 243 g/mol. The van der Waals surface area contributed by atoms with Gasteiger partial charge in [0.1, 0.15) is 0 Å². The Labute approximate surface area is 106 Å². The Kier molecular flexibility index (Phi) is 2.88. The van der Waals surface area contributed by atoms with Crippen molar-refractivity contribution < 1.29 is 4.52 Å². The van der Waals surface area contributed by atoms with Crippen molar-refractivity contribution in [2.45, 2.75) is 32.2 Å². The smallest absolute Gasteiger partial charge is 0.243 e. The summed E-state index contributed by atoms with van der Waals surface area (Å²) in [5.41, 5.74) is 8.47. The maximum atomic E-state index is 6.03. The van der Waals surface area contributed by atoms with E-state index in [1.54, 1.807) is 0 Å². The van der Waals surface area contributed by atoms with Crippen molar-refractivity contribution in [1.82, 2.24) is 10.1 Å². The van der Waals surface area contributed by atoms with E-state index in [0.717, 1.165) is 0 Å². The molecule has 1 aromatic carbocycles. The Hall–Kier alpha value is -1.68. The van der Waals surface area contributed by atoms with Gasteiger partial charge in [0, 0.05) is 6.42 Å². The zero-order chi connectivity index (χ0) is 12.5. The highest BCUT2D eigenvalue weighted by atomic mass is 16.5. The molecule has 0 spiro atoms. The van der Waals surface area contributed by atoms with Gasteiger partial charge in [-0.2, -0.15) is 4.98 Å². The van der Waals surface area contributed by atoms with Gasteiger partial charge in [-0.05, 0) is 31.2 Å². The number of rotatable bonds is 4. The first-order valence-electron chi connectivity index (χ1n) is 6.36. The van der Waals surface area contributed by atoms with Crippen molar-refractivity contribution in [2.24, 2.45) is 11.7 Å². The van der Waals surface area contributed by atoms with Crippen LogP contribution in [0.25, 0.3) is 0 Å². The largest absolute Gasteiger partial charge is 0.338 e. The van der Waals surface area contributed by atoms with Gasteiger partial charge in [0.2, 0.25) is 5.89 Å². The summed E-state index contributed by atoms with van der Waals surface area (Å²) in [6, 6.07) is 8.28. The maximum Gasteiger partial charge on any atom is 0.243 e. The van der Waals surface area contributed by atoms with Crippen LogP contribution >= 0.6 is 0 Å². The molecule has 1 aliphatic carbocycles. The van der Waals surface area contributed by atoms with E-state index in [2.05, 4.69) is 41.3 Å². The number of nitrogens with two attached hydrogens (primary N) is 1. The maximum absolute atomic E-state index is 6.03. The summed E-state index contributed by atoms with van der Waals surface area (Å²) in [4.78, 5) is 4.39. The van der Waals surface area contributed by atoms with Crippen LogP contribution < -0.4 is 5.73 Å². The van der Waals surface area contributed by atoms with E-state index in [1.165, 1.54) is 24.0 Å². The molecule has 18 heavy (non-hydrogen) atoms. The minimum Gasteiger partial charge on any atom is -0.338 e. The molecule has 1 fully saturated rings. The van der Waals surface area contributed by atoms with E-state index in [4.69, 9.17) is 10.3 Å². The molecule has 94 valence electrons. The minimum atomic E-state index is -0.0794. The van der Waals surface area contributed by atoms with Crippen molar-refractivity contribution in [1.29, 1.82) is 0 Å². The molecule has 0 saturated heterocycles. The molecule has 1 aromatic heterocycles. The van der Waals surface area contributed by atoms with Crippen LogP contribution in [0.5, 0.6) is 0 Å². The Morgan fingerprint density at radius 1 is 1.33 bits per heavy atom. The molecular formula is C14H17N3O. The molecule has 4 nitrogen and oxygen atoms in total. The quantitative estimate of drug-likeness (QED) is 0.895. The van der Waals surface area contributed by atoms with E-state index >= 15 is 0 Å². The normalized spacial score (nSPS) is 16.8. The van der Waals surface area contributed by atoms with E-state index < -0.39 is 0 Å². The minimum absolute atomic E-state index is 0.0794. The first kappa shape index (κ1) is 11.4. The van der Waals surface area contributed by atoms with Crippen molar-refractivity contribution >= 4 is 0 Å². The molecule has 1 aliphatic rings. The fourth-order valence-electron chi connectivity index (χ4n) is 2.02. The van der Waals surface area contributed by atoms with Gasteiger partial charge in [-0.1, -0.05) is 35.0 Å². The average molecular weight is 243 g/mol.